The summed E-state index contributed by atoms with van der Waals surface area (Å²) >= 11 is 0. The van der Waals surface area contributed by atoms with Crippen molar-refractivity contribution in [1.29, 1.82) is 0 Å². The molecule has 2 aliphatic rings. The Morgan fingerprint density at radius 2 is 2.00 bits per heavy atom. The lowest BCUT2D eigenvalue weighted by Gasteiger charge is -2.34. The molecule has 0 spiro atoms. The van der Waals surface area contributed by atoms with Gasteiger partial charge in [-0.3, -0.25) is 4.90 Å². The summed E-state index contributed by atoms with van der Waals surface area (Å²) in [4.78, 5) is 2.63. The molecule has 1 aliphatic heterocycles. The minimum Gasteiger partial charge on any atom is -0.311 e. The van der Waals surface area contributed by atoms with Crippen molar-refractivity contribution in [3.05, 3.63) is 35.4 Å². The van der Waals surface area contributed by atoms with Gasteiger partial charge in [0.1, 0.15) is 0 Å². The van der Waals surface area contributed by atoms with Crippen molar-refractivity contribution < 1.29 is 0 Å². The maximum atomic E-state index is 3.68. The Morgan fingerprint density at radius 3 is 2.72 bits per heavy atom. The molecule has 0 bridgehead atoms. The number of aryl methyl sites for hydroxylation is 1. The summed E-state index contributed by atoms with van der Waals surface area (Å²) in [5.74, 6) is 0.967. The molecule has 1 atom stereocenters. The quantitative estimate of drug-likeness (QED) is 0.875. The second-order valence-electron chi connectivity index (χ2n) is 5.76. The van der Waals surface area contributed by atoms with Gasteiger partial charge in [0, 0.05) is 32.2 Å². The molecule has 1 unspecified atom stereocenters. The number of hydrogen-bond donors (Lipinski definition) is 1. The van der Waals surface area contributed by atoms with Crippen LogP contribution in [0.25, 0.3) is 0 Å². The predicted molar refractivity (Wildman–Crippen MR) is 75.6 cm³/mol. The van der Waals surface area contributed by atoms with E-state index in [1.807, 2.05) is 0 Å². The molecule has 1 heterocycles. The number of nitrogens with one attached hydrogen (secondary N) is 1. The fraction of sp³-hybridized carbons (Fsp3) is 0.625. The molecule has 2 nitrogen and oxygen atoms in total. The molecule has 2 heteroatoms. The highest BCUT2D eigenvalue weighted by atomic mass is 15.2. The summed E-state index contributed by atoms with van der Waals surface area (Å²) in [5.41, 5.74) is 3.04. The van der Waals surface area contributed by atoms with Crippen LogP contribution in [0.15, 0.2) is 24.3 Å². The third-order valence-corrected chi connectivity index (χ3v) is 4.37. The van der Waals surface area contributed by atoms with E-state index >= 15 is 0 Å². The Morgan fingerprint density at radius 1 is 1.22 bits per heavy atom. The third kappa shape index (κ3) is 2.76. The van der Waals surface area contributed by atoms with Gasteiger partial charge in [-0.05, 0) is 36.3 Å². The van der Waals surface area contributed by atoms with Gasteiger partial charge in [0.15, 0.2) is 0 Å². The first kappa shape index (κ1) is 12.2. The molecule has 18 heavy (non-hydrogen) atoms. The average molecular weight is 244 g/mol. The van der Waals surface area contributed by atoms with Gasteiger partial charge in [-0.2, -0.15) is 0 Å². The summed E-state index contributed by atoms with van der Waals surface area (Å²) in [6.45, 7) is 6.98. The zero-order chi connectivity index (χ0) is 12.4. The Bertz CT molecular complexity index is 398. The van der Waals surface area contributed by atoms with Gasteiger partial charge < -0.3 is 5.32 Å². The molecule has 0 amide bonds. The smallest absolute Gasteiger partial charge is 0.0237 e. The fourth-order valence-corrected chi connectivity index (χ4v) is 3.10. The lowest BCUT2D eigenvalue weighted by molar-refractivity contribution is 0.181. The molecule has 0 radical (unpaired) electrons. The molecule has 2 fully saturated rings. The van der Waals surface area contributed by atoms with Crippen LogP contribution < -0.4 is 5.32 Å². The molecular weight excluding hydrogens is 220 g/mol. The summed E-state index contributed by atoms with van der Waals surface area (Å²) in [6.07, 6.45) is 4.03. The highest BCUT2D eigenvalue weighted by Gasteiger charge is 2.33. The summed E-state index contributed by atoms with van der Waals surface area (Å²) in [5, 5.41) is 3.68. The zero-order valence-corrected chi connectivity index (χ0v) is 11.4. The van der Waals surface area contributed by atoms with E-state index < -0.39 is 0 Å². The molecular formula is C16H24N2. The van der Waals surface area contributed by atoms with Crippen molar-refractivity contribution >= 4 is 0 Å². The minimum absolute atomic E-state index is 0.757. The van der Waals surface area contributed by atoms with E-state index in [1.165, 1.54) is 37.1 Å². The molecule has 1 aromatic rings. The van der Waals surface area contributed by atoms with E-state index in [4.69, 9.17) is 0 Å². The Balaban J connectivity index is 1.64. The lowest BCUT2D eigenvalue weighted by atomic mass is 10.0. The number of nitrogens with zero attached hydrogens (tertiary/aromatic N) is 1. The first-order valence-electron chi connectivity index (χ1n) is 7.39. The van der Waals surface area contributed by atoms with Crippen molar-refractivity contribution in [3.8, 4) is 0 Å². The average Bonchev–Trinajstić information content (AvgIpc) is 3.24. The van der Waals surface area contributed by atoms with Gasteiger partial charge in [0.2, 0.25) is 0 Å². The second-order valence-corrected chi connectivity index (χ2v) is 5.76. The molecule has 1 aromatic carbocycles. The van der Waals surface area contributed by atoms with Gasteiger partial charge in [0.25, 0.3) is 0 Å². The number of benzene rings is 1. The number of hydrogen-bond acceptors (Lipinski definition) is 2. The van der Waals surface area contributed by atoms with E-state index in [1.54, 1.807) is 0 Å². The van der Waals surface area contributed by atoms with E-state index in [0.717, 1.165) is 31.5 Å². The van der Waals surface area contributed by atoms with Crippen LogP contribution in [0.3, 0.4) is 0 Å². The first-order valence-corrected chi connectivity index (χ1v) is 7.39. The predicted octanol–water partition coefficient (Wildman–Crippen LogP) is 2.43. The molecule has 3 rings (SSSR count). The van der Waals surface area contributed by atoms with Gasteiger partial charge in [-0.1, -0.05) is 31.2 Å². The molecule has 1 saturated carbocycles. The Hall–Kier alpha value is -0.860. The molecule has 1 aliphatic carbocycles. The monoisotopic (exact) mass is 244 g/mol. The van der Waals surface area contributed by atoms with Crippen LogP contribution in [0, 0.1) is 5.92 Å². The van der Waals surface area contributed by atoms with E-state index in [9.17, 15) is 0 Å². The third-order valence-electron chi connectivity index (χ3n) is 4.37. The van der Waals surface area contributed by atoms with Gasteiger partial charge in [0.05, 0.1) is 0 Å². The van der Waals surface area contributed by atoms with Crippen molar-refractivity contribution in [1.82, 2.24) is 10.2 Å². The van der Waals surface area contributed by atoms with Gasteiger partial charge >= 0.3 is 0 Å². The van der Waals surface area contributed by atoms with Crippen molar-refractivity contribution in [2.75, 3.05) is 19.6 Å². The van der Waals surface area contributed by atoms with Crippen LogP contribution in [0.1, 0.15) is 30.9 Å². The summed E-state index contributed by atoms with van der Waals surface area (Å²) in [6, 6.07) is 9.66. The van der Waals surface area contributed by atoms with Crippen molar-refractivity contribution in [3.63, 3.8) is 0 Å². The fourth-order valence-electron chi connectivity index (χ4n) is 3.10. The SMILES string of the molecule is CCc1ccccc1CN1CCNC(C2CC2)C1. The maximum absolute atomic E-state index is 3.68. The molecule has 1 N–H and O–H groups in total. The van der Waals surface area contributed by atoms with Crippen LogP contribution in [0.2, 0.25) is 0 Å². The van der Waals surface area contributed by atoms with Crippen LogP contribution >= 0.6 is 0 Å². The van der Waals surface area contributed by atoms with E-state index in [0.29, 0.717) is 0 Å². The standard InChI is InChI=1S/C16H24N2/c1-2-13-5-3-4-6-15(13)11-18-10-9-17-16(12-18)14-7-8-14/h3-6,14,16-17H,2,7-12H2,1H3. The van der Waals surface area contributed by atoms with Crippen LogP contribution in [-0.4, -0.2) is 30.6 Å². The number of rotatable bonds is 4. The minimum atomic E-state index is 0.757. The number of piperazine rings is 1. The highest BCUT2D eigenvalue weighted by Crippen LogP contribution is 2.33. The van der Waals surface area contributed by atoms with Gasteiger partial charge in [-0.25, -0.2) is 0 Å². The van der Waals surface area contributed by atoms with E-state index in [2.05, 4.69) is 41.4 Å². The van der Waals surface area contributed by atoms with Crippen LogP contribution in [0.5, 0.6) is 0 Å². The topological polar surface area (TPSA) is 15.3 Å². The van der Waals surface area contributed by atoms with Crippen molar-refractivity contribution in [2.45, 2.75) is 38.8 Å². The maximum Gasteiger partial charge on any atom is 0.0237 e. The van der Waals surface area contributed by atoms with Gasteiger partial charge in [-0.15, -0.1) is 0 Å². The normalized spacial score (nSPS) is 25.3. The molecule has 1 saturated heterocycles. The molecule has 98 valence electrons. The zero-order valence-electron chi connectivity index (χ0n) is 11.4. The highest BCUT2D eigenvalue weighted by molar-refractivity contribution is 5.27. The summed E-state index contributed by atoms with van der Waals surface area (Å²) in [7, 11) is 0. The first-order chi connectivity index (χ1) is 8.86. The van der Waals surface area contributed by atoms with Crippen LogP contribution in [-0.2, 0) is 13.0 Å². The van der Waals surface area contributed by atoms with Crippen LogP contribution in [0.4, 0.5) is 0 Å². The van der Waals surface area contributed by atoms with E-state index in [-0.39, 0.29) is 0 Å². The second kappa shape index (κ2) is 5.41. The largest absolute Gasteiger partial charge is 0.311 e. The van der Waals surface area contributed by atoms with Crippen molar-refractivity contribution in [2.24, 2.45) is 5.92 Å². The molecule has 0 aromatic heterocycles. The summed E-state index contributed by atoms with van der Waals surface area (Å²) < 4.78 is 0. The lowest BCUT2D eigenvalue weighted by Crippen LogP contribution is -2.51. The Kier molecular flexibility index (Phi) is 3.67. The Labute approximate surface area is 110 Å².